The first-order valence-electron chi connectivity index (χ1n) is 7.54. The van der Waals surface area contributed by atoms with Crippen LogP contribution in [0.15, 0.2) is 18.2 Å². The van der Waals surface area contributed by atoms with Crippen LogP contribution in [0.1, 0.15) is 63.0 Å². The first-order valence-corrected chi connectivity index (χ1v) is 7.54. The number of benzene rings is 1. The minimum absolute atomic E-state index is 0.262. The zero-order valence-electron chi connectivity index (χ0n) is 12.1. The predicted octanol–water partition coefficient (Wildman–Crippen LogP) is 4.70. The quantitative estimate of drug-likeness (QED) is 0.784. The molecular formula is C17H25FO. The van der Waals surface area contributed by atoms with Crippen LogP contribution in [0.4, 0.5) is 4.39 Å². The van der Waals surface area contributed by atoms with Crippen molar-refractivity contribution in [1.82, 2.24) is 0 Å². The number of hydrogen-bond donors (Lipinski definition) is 1. The summed E-state index contributed by atoms with van der Waals surface area (Å²) >= 11 is 0. The van der Waals surface area contributed by atoms with Crippen molar-refractivity contribution in [1.29, 1.82) is 0 Å². The fourth-order valence-corrected chi connectivity index (χ4v) is 3.36. The molecule has 0 radical (unpaired) electrons. The molecule has 1 aromatic rings. The van der Waals surface area contributed by atoms with Crippen LogP contribution in [0.5, 0.6) is 0 Å². The maximum atomic E-state index is 14.0. The second-order valence-corrected chi connectivity index (χ2v) is 6.10. The molecule has 106 valence electrons. The summed E-state index contributed by atoms with van der Waals surface area (Å²) in [5.41, 5.74) is 0.558. The third-order valence-corrected chi connectivity index (χ3v) is 4.49. The smallest absolute Gasteiger partial charge is 0.129 e. The van der Waals surface area contributed by atoms with Gasteiger partial charge in [-0.05, 0) is 44.6 Å². The average molecular weight is 264 g/mol. The van der Waals surface area contributed by atoms with E-state index in [4.69, 9.17) is 0 Å². The summed E-state index contributed by atoms with van der Waals surface area (Å²) in [5, 5.41) is 10.9. The second kappa shape index (κ2) is 6.04. The topological polar surface area (TPSA) is 20.2 Å². The zero-order chi connectivity index (χ0) is 13.9. The highest BCUT2D eigenvalue weighted by Gasteiger charge is 2.34. The molecule has 1 aliphatic rings. The van der Waals surface area contributed by atoms with E-state index < -0.39 is 5.60 Å². The van der Waals surface area contributed by atoms with E-state index in [2.05, 4.69) is 6.92 Å². The zero-order valence-corrected chi connectivity index (χ0v) is 12.1. The van der Waals surface area contributed by atoms with Gasteiger partial charge in [-0.3, -0.25) is 0 Å². The number of aryl methyl sites for hydroxylation is 1. The van der Waals surface area contributed by atoms with Crippen molar-refractivity contribution in [3.63, 3.8) is 0 Å². The Labute approximate surface area is 115 Å². The van der Waals surface area contributed by atoms with Crippen LogP contribution in [0.3, 0.4) is 0 Å². The summed E-state index contributed by atoms with van der Waals surface area (Å²) < 4.78 is 14.0. The highest BCUT2D eigenvalue weighted by Crippen LogP contribution is 2.40. The Hall–Kier alpha value is -0.890. The number of hydrogen-bond acceptors (Lipinski definition) is 1. The number of halogens is 1. The van der Waals surface area contributed by atoms with Gasteiger partial charge in [0.05, 0.1) is 5.60 Å². The summed E-state index contributed by atoms with van der Waals surface area (Å²) in [6.07, 6.45) is 6.98. The molecule has 1 fully saturated rings. The molecule has 2 heteroatoms. The predicted molar refractivity (Wildman–Crippen MR) is 76.5 cm³/mol. The molecule has 1 saturated carbocycles. The Morgan fingerprint density at radius 1 is 1.32 bits per heavy atom. The van der Waals surface area contributed by atoms with Gasteiger partial charge in [-0.1, -0.05) is 43.9 Å². The maximum absolute atomic E-state index is 14.0. The second-order valence-electron chi connectivity index (χ2n) is 6.10. The largest absolute Gasteiger partial charge is 0.385 e. The summed E-state index contributed by atoms with van der Waals surface area (Å²) in [7, 11) is 0. The van der Waals surface area contributed by atoms with Crippen molar-refractivity contribution in [2.75, 3.05) is 0 Å². The molecule has 0 amide bonds. The molecular weight excluding hydrogens is 239 g/mol. The third-order valence-electron chi connectivity index (χ3n) is 4.49. The Morgan fingerprint density at radius 2 is 2.11 bits per heavy atom. The van der Waals surface area contributed by atoms with Crippen LogP contribution in [-0.2, 0) is 5.60 Å². The molecule has 1 aromatic carbocycles. The lowest BCUT2D eigenvalue weighted by molar-refractivity contribution is 0.0161. The average Bonchev–Trinajstić information content (AvgIpc) is 2.56. The van der Waals surface area contributed by atoms with E-state index in [0.717, 1.165) is 18.4 Å². The maximum Gasteiger partial charge on any atom is 0.129 e. The molecule has 2 atom stereocenters. The molecule has 1 nitrogen and oxygen atoms in total. The van der Waals surface area contributed by atoms with E-state index in [9.17, 15) is 9.50 Å². The minimum Gasteiger partial charge on any atom is -0.385 e. The molecule has 0 heterocycles. The van der Waals surface area contributed by atoms with Gasteiger partial charge < -0.3 is 5.11 Å². The van der Waals surface area contributed by atoms with Crippen molar-refractivity contribution < 1.29 is 9.50 Å². The van der Waals surface area contributed by atoms with Gasteiger partial charge in [0.15, 0.2) is 0 Å². The van der Waals surface area contributed by atoms with Gasteiger partial charge in [0.25, 0.3) is 0 Å². The molecule has 0 aliphatic heterocycles. The molecule has 0 saturated heterocycles. The van der Waals surface area contributed by atoms with Crippen molar-refractivity contribution in [2.45, 2.75) is 64.4 Å². The summed E-state index contributed by atoms with van der Waals surface area (Å²) in [4.78, 5) is 0. The molecule has 1 N–H and O–H groups in total. The molecule has 2 rings (SSSR count). The first-order chi connectivity index (χ1) is 9.05. The van der Waals surface area contributed by atoms with Crippen LogP contribution in [0.2, 0.25) is 0 Å². The van der Waals surface area contributed by atoms with Crippen LogP contribution in [0.25, 0.3) is 0 Å². The third kappa shape index (κ3) is 3.36. The van der Waals surface area contributed by atoms with Gasteiger partial charge in [-0.2, -0.15) is 0 Å². The first kappa shape index (κ1) is 14.5. The lowest BCUT2D eigenvalue weighted by atomic mass is 9.85. The van der Waals surface area contributed by atoms with Gasteiger partial charge >= 0.3 is 0 Å². The summed E-state index contributed by atoms with van der Waals surface area (Å²) in [6, 6.07) is 5.06. The van der Waals surface area contributed by atoms with Gasteiger partial charge in [0.1, 0.15) is 5.82 Å². The molecule has 0 spiro atoms. The number of rotatable bonds is 3. The van der Waals surface area contributed by atoms with Gasteiger partial charge in [-0.15, -0.1) is 0 Å². The normalized spacial score (nSPS) is 28.1. The lowest BCUT2D eigenvalue weighted by Gasteiger charge is -2.28. The van der Waals surface area contributed by atoms with E-state index in [-0.39, 0.29) is 5.82 Å². The molecule has 0 aromatic heterocycles. The van der Waals surface area contributed by atoms with E-state index in [1.54, 1.807) is 6.07 Å². The highest BCUT2D eigenvalue weighted by molar-refractivity contribution is 5.29. The van der Waals surface area contributed by atoms with E-state index in [0.29, 0.717) is 24.3 Å². The van der Waals surface area contributed by atoms with Crippen LogP contribution >= 0.6 is 0 Å². The SMILES string of the molecule is CCCC1CCCC(O)(c2cc(C)ccc2F)CC1. The Balaban J connectivity index is 2.20. The van der Waals surface area contributed by atoms with Crippen molar-refractivity contribution in [2.24, 2.45) is 5.92 Å². The molecule has 1 aliphatic carbocycles. The van der Waals surface area contributed by atoms with Crippen molar-refractivity contribution >= 4 is 0 Å². The summed E-state index contributed by atoms with van der Waals surface area (Å²) in [5.74, 6) is 0.439. The Kier molecular flexibility index (Phi) is 4.62. The van der Waals surface area contributed by atoms with Crippen LogP contribution < -0.4 is 0 Å². The fourth-order valence-electron chi connectivity index (χ4n) is 3.36. The monoisotopic (exact) mass is 264 g/mol. The molecule has 19 heavy (non-hydrogen) atoms. The van der Waals surface area contributed by atoms with E-state index in [1.165, 1.54) is 25.3 Å². The minimum atomic E-state index is -0.960. The van der Waals surface area contributed by atoms with Gasteiger partial charge in [-0.25, -0.2) is 4.39 Å². The lowest BCUT2D eigenvalue weighted by Crippen LogP contribution is -2.26. The molecule has 2 unspecified atom stereocenters. The van der Waals surface area contributed by atoms with Crippen molar-refractivity contribution in [3.8, 4) is 0 Å². The standard InChI is InChI=1S/C17H25FO/c1-3-5-14-6-4-10-17(19,11-9-14)15-12-13(2)7-8-16(15)18/h7-8,12,14,19H,3-6,9-11H2,1-2H3. The number of aliphatic hydroxyl groups is 1. The highest BCUT2D eigenvalue weighted by atomic mass is 19.1. The van der Waals surface area contributed by atoms with Crippen molar-refractivity contribution in [3.05, 3.63) is 35.1 Å². The van der Waals surface area contributed by atoms with Crippen LogP contribution in [-0.4, -0.2) is 5.11 Å². The van der Waals surface area contributed by atoms with Gasteiger partial charge in [0, 0.05) is 5.56 Å². The van der Waals surface area contributed by atoms with Gasteiger partial charge in [0.2, 0.25) is 0 Å². The fraction of sp³-hybridized carbons (Fsp3) is 0.647. The van der Waals surface area contributed by atoms with E-state index >= 15 is 0 Å². The summed E-state index contributed by atoms with van der Waals surface area (Å²) in [6.45, 7) is 4.15. The van der Waals surface area contributed by atoms with Crippen LogP contribution in [0, 0.1) is 18.7 Å². The Morgan fingerprint density at radius 3 is 2.84 bits per heavy atom. The van der Waals surface area contributed by atoms with E-state index in [1.807, 2.05) is 13.0 Å². The Bertz CT molecular complexity index is 429. The molecule has 0 bridgehead atoms.